The molecule has 5 nitrogen and oxygen atoms in total. The number of amides is 1. The van der Waals surface area contributed by atoms with Crippen LogP contribution in [0.5, 0.6) is 5.88 Å². The van der Waals surface area contributed by atoms with Gasteiger partial charge in [0.1, 0.15) is 6.10 Å². The van der Waals surface area contributed by atoms with Crippen molar-refractivity contribution in [2.24, 2.45) is 0 Å². The maximum atomic E-state index is 12.2. The zero-order valence-electron chi connectivity index (χ0n) is 12.1. The summed E-state index contributed by atoms with van der Waals surface area (Å²) in [7, 11) is 0. The van der Waals surface area contributed by atoms with E-state index in [1.54, 1.807) is 29.3 Å². The Morgan fingerprint density at radius 2 is 2.09 bits per heavy atom. The summed E-state index contributed by atoms with van der Waals surface area (Å²) in [4.78, 5) is 14.0. The Bertz CT molecular complexity index is 643. The number of nitrogens with zero attached hydrogens (tertiary/aromatic N) is 3. The Morgan fingerprint density at radius 3 is 2.86 bits per heavy atom. The summed E-state index contributed by atoms with van der Waals surface area (Å²) in [5.74, 6) is 0.510. The van der Waals surface area contributed by atoms with E-state index >= 15 is 0 Å². The van der Waals surface area contributed by atoms with Crippen molar-refractivity contribution in [3.63, 3.8) is 0 Å². The minimum Gasteiger partial charge on any atom is -0.471 e. The normalized spacial score (nSPS) is 17.8. The molecule has 0 spiro atoms. The molecule has 5 heteroatoms. The highest BCUT2D eigenvalue weighted by molar-refractivity contribution is 5.91. The molecule has 1 amide bonds. The Labute approximate surface area is 129 Å². The van der Waals surface area contributed by atoms with Gasteiger partial charge in [0, 0.05) is 31.3 Å². The van der Waals surface area contributed by atoms with E-state index in [2.05, 4.69) is 10.2 Å². The van der Waals surface area contributed by atoms with Crippen molar-refractivity contribution in [2.75, 3.05) is 13.1 Å². The van der Waals surface area contributed by atoms with E-state index in [0.29, 0.717) is 19.0 Å². The largest absolute Gasteiger partial charge is 0.471 e. The van der Waals surface area contributed by atoms with E-state index in [1.807, 2.05) is 36.4 Å². The van der Waals surface area contributed by atoms with Gasteiger partial charge in [-0.15, -0.1) is 5.10 Å². The van der Waals surface area contributed by atoms with Crippen LogP contribution in [0.1, 0.15) is 12.0 Å². The highest BCUT2D eigenvalue weighted by Gasteiger charge is 2.26. The summed E-state index contributed by atoms with van der Waals surface area (Å²) in [6.07, 6.45) is 5.83. The molecule has 112 valence electrons. The molecule has 2 heterocycles. The highest BCUT2D eigenvalue weighted by atomic mass is 16.5. The van der Waals surface area contributed by atoms with Gasteiger partial charge in [-0.25, -0.2) is 0 Å². The van der Waals surface area contributed by atoms with Crippen LogP contribution in [-0.2, 0) is 4.79 Å². The molecule has 2 aromatic rings. The number of ether oxygens (including phenoxy) is 1. The van der Waals surface area contributed by atoms with Crippen molar-refractivity contribution < 1.29 is 9.53 Å². The number of likely N-dealkylation sites (tertiary alicyclic amines) is 1. The van der Waals surface area contributed by atoms with E-state index in [4.69, 9.17) is 4.74 Å². The lowest BCUT2D eigenvalue weighted by Gasteiger charge is -2.14. The van der Waals surface area contributed by atoms with Gasteiger partial charge in [0.05, 0.1) is 6.54 Å². The number of carbonyl (C=O) groups excluding carboxylic acids is 1. The van der Waals surface area contributed by atoms with Gasteiger partial charge < -0.3 is 9.64 Å². The molecule has 0 saturated carbocycles. The van der Waals surface area contributed by atoms with Crippen LogP contribution in [0.4, 0.5) is 0 Å². The predicted octanol–water partition coefficient (Wildman–Crippen LogP) is 2.17. The van der Waals surface area contributed by atoms with Crippen molar-refractivity contribution in [2.45, 2.75) is 12.5 Å². The third kappa shape index (κ3) is 3.69. The van der Waals surface area contributed by atoms with Gasteiger partial charge in [0.25, 0.3) is 0 Å². The molecule has 1 saturated heterocycles. The second-order valence-electron chi connectivity index (χ2n) is 5.12. The number of hydrogen-bond donors (Lipinski definition) is 0. The van der Waals surface area contributed by atoms with Crippen LogP contribution < -0.4 is 4.74 Å². The minimum absolute atomic E-state index is 0.00842. The number of aromatic nitrogens is 2. The zero-order chi connectivity index (χ0) is 15.2. The lowest BCUT2D eigenvalue weighted by Crippen LogP contribution is -2.29. The van der Waals surface area contributed by atoms with E-state index in [-0.39, 0.29) is 12.0 Å². The average Bonchev–Trinajstić information content (AvgIpc) is 3.03. The second-order valence-corrected chi connectivity index (χ2v) is 5.12. The Balaban J connectivity index is 1.54. The molecule has 1 unspecified atom stereocenters. The molecule has 1 aromatic carbocycles. The fourth-order valence-electron chi connectivity index (χ4n) is 2.38. The van der Waals surface area contributed by atoms with Gasteiger partial charge in [0.15, 0.2) is 0 Å². The predicted molar refractivity (Wildman–Crippen MR) is 83.1 cm³/mol. The topological polar surface area (TPSA) is 55.3 Å². The van der Waals surface area contributed by atoms with Crippen LogP contribution in [0, 0.1) is 0 Å². The molecule has 1 fully saturated rings. The molecule has 0 radical (unpaired) electrons. The first-order valence-electron chi connectivity index (χ1n) is 7.28. The smallest absolute Gasteiger partial charge is 0.246 e. The maximum Gasteiger partial charge on any atom is 0.246 e. The molecule has 0 N–H and O–H groups in total. The monoisotopic (exact) mass is 295 g/mol. The third-order valence-corrected chi connectivity index (χ3v) is 3.51. The van der Waals surface area contributed by atoms with Gasteiger partial charge in [-0.2, -0.15) is 5.10 Å². The van der Waals surface area contributed by atoms with E-state index < -0.39 is 0 Å². The maximum absolute atomic E-state index is 12.2. The molecule has 1 aliphatic rings. The summed E-state index contributed by atoms with van der Waals surface area (Å²) >= 11 is 0. The summed E-state index contributed by atoms with van der Waals surface area (Å²) in [5, 5.41) is 7.68. The standard InChI is InChI=1S/C17H17N3O2/c21-17(9-8-14-5-2-1-3-6-14)20-12-10-15(13-20)22-16-7-4-11-18-19-16/h1-9,11,15H,10,12-13H2. The number of hydrogen-bond acceptors (Lipinski definition) is 4. The number of rotatable bonds is 4. The van der Waals surface area contributed by atoms with Crippen LogP contribution in [-0.4, -0.2) is 40.2 Å². The Kier molecular flexibility index (Phi) is 4.44. The van der Waals surface area contributed by atoms with E-state index in [9.17, 15) is 4.79 Å². The number of benzene rings is 1. The molecular weight excluding hydrogens is 278 g/mol. The lowest BCUT2D eigenvalue weighted by atomic mass is 10.2. The molecule has 1 aromatic heterocycles. The van der Waals surface area contributed by atoms with E-state index in [0.717, 1.165) is 12.0 Å². The van der Waals surface area contributed by atoms with Crippen molar-refractivity contribution in [3.05, 3.63) is 60.3 Å². The summed E-state index contributed by atoms with van der Waals surface area (Å²) in [6.45, 7) is 1.28. The first kappa shape index (κ1) is 14.3. The Hall–Kier alpha value is -2.69. The fraction of sp³-hybridized carbons (Fsp3) is 0.235. The van der Waals surface area contributed by atoms with Crippen LogP contribution in [0.25, 0.3) is 6.08 Å². The lowest BCUT2D eigenvalue weighted by molar-refractivity contribution is -0.125. The molecule has 1 atom stereocenters. The van der Waals surface area contributed by atoms with Crippen LogP contribution in [0.15, 0.2) is 54.7 Å². The first-order chi connectivity index (χ1) is 10.8. The summed E-state index contributed by atoms with van der Waals surface area (Å²) < 4.78 is 5.73. The molecule has 1 aliphatic heterocycles. The quantitative estimate of drug-likeness (QED) is 0.811. The summed E-state index contributed by atoms with van der Waals surface area (Å²) in [5.41, 5.74) is 1.02. The van der Waals surface area contributed by atoms with Crippen LogP contribution >= 0.6 is 0 Å². The first-order valence-corrected chi connectivity index (χ1v) is 7.28. The third-order valence-electron chi connectivity index (χ3n) is 3.51. The molecule has 0 aliphatic carbocycles. The van der Waals surface area contributed by atoms with E-state index in [1.165, 1.54) is 0 Å². The van der Waals surface area contributed by atoms with Gasteiger partial charge in [-0.1, -0.05) is 30.3 Å². The zero-order valence-corrected chi connectivity index (χ0v) is 12.1. The molecule has 3 rings (SSSR count). The SMILES string of the molecule is O=C(C=Cc1ccccc1)N1CCC(Oc2cccnn2)C1. The van der Waals surface area contributed by atoms with Crippen molar-refractivity contribution in [3.8, 4) is 5.88 Å². The molecular formula is C17H17N3O2. The minimum atomic E-state index is -0.0224. The van der Waals surface area contributed by atoms with Crippen LogP contribution in [0.2, 0.25) is 0 Å². The average molecular weight is 295 g/mol. The van der Waals surface area contributed by atoms with Crippen molar-refractivity contribution >= 4 is 12.0 Å². The fourth-order valence-corrected chi connectivity index (χ4v) is 2.38. The molecule has 0 bridgehead atoms. The summed E-state index contributed by atoms with van der Waals surface area (Å²) in [6, 6.07) is 13.3. The van der Waals surface area contributed by atoms with Crippen molar-refractivity contribution in [1.29, 1.82) is 0 Å². The highest BCUT2D eigenvalue weighted by Crippen LogP contribution is 2.16. The second kappa shape index (κ2) is 6.85. The number of carbonyl (C=O) groups is 1. The van der Waals surface area contributed by atoms with Gasteiger partial charge in [-0.3, -0.25) is 4.79 Å². The van der Waals surface area contributed by atoms with Crippen LogP contribution in [0.3, 0.4) is 0 Å². The van der Waals surface area contributed by atoms with Crippen molar-refractivity contribution in [1.82, 2.24) is 15.1 Å². The van der Waals surface area contributed by atoms with Gasteiger partial charge >= 0.3 is 0 Å². The Morgan fingerprint density at radius 1 is 1.23 bits per heavy atom. The van der Waals surface area contributed by atoms with Gasteiger partial charge in [-0.05, 0) is 17.7 Å². The van der Waals surface area contributed by atoms with Gasteiger partial charge in [0.2, 0.25) is 11.8 Å². The molecule has 22 heavy (non-hydrogen) atoms.